The molecule has 204 valence electrons. The number of rotatable bonds is 19. The van der Waals surface area contributed by atoms with Crippen LogP contribution in [0.5, 0.6) is 0 Å². The van der Waals surface area contributed by atoms with Gasteiger partial charge in [0.1, 0.15) is 0 Å². The minimum absolute atomic E-state index is 0.0923. The summed E-state index contributed by atoms with van der Waals surface area (Å²) in [5.41, 5.74) is 0. The molecule has 0 saturated carbocycles. The third kappa shape index (κ3) is 11.4. The summed E-state index contributed by atoms with van der Waals surface area (Å²) in [5, 5.41) is 29.1. The van der Waals surface area contributed by atoms with Crippen LogP contribution in [-0.2, 0) is 23.9 Å². The van der Waals surface area contributed by atoms with Crippen LogP contribution in [0.2, 0.25) is 0 Å². The first-order valence-electron chi connectivity index (χ1n) is 13.0. The maximum atomic E-state index is 12.0. The van der Waals surface area contributed by atoms with Gasteiger partial charge in [0.15, 0.2) is 0 Å². The van der Waals surface area contributed by atoms with E-state index in [1.165, 1.54) is 7.11 Å². The Hall–Kier alpha value is -2.12. The Bertz CT molecular complexity index is 674. The first-order chi connectivity index (χ1) is 16.3. The Balaban J connectivity index is 5.08. The molecule has 0 heterocycles. The van der Waals surface area contributed by atoms with Crippen LogP contribution >= 0.6 is 0 Å². The quantitative estimate of drug-likeness (QED) is 0.195. The Morgan fingerprint density at radius 1 is 0.571 bits per heavy atom. The number of methoxy groups -OCH3 is 1. The summed E-state index contributed by atoms with van der Waals surface area (Å²) in [4.78, 5) is 47.5. The molecule has 0 aliphatic rings. The zero-order valence-corrected chi connectivity index (χ0v) is 22.7. The lowest BCUT2D eigenvalue weighted by Gasteiger charge is -2.27. The summed E-state index contributed by atoms with van der Waals surface area (Å²) in [6.45, 7) is 11.4. The topological polar surface area (TPSA) is 138 Å². The highest BCUT2D eigenvalue weighted by atomic mass is 16.5. The predicted molar refractivity (Wildman–Crippen MR) is 134 cm³/mol. The van der Waals surface area contributed by atoms with Gasteiger partial charge in [-0.3, -0.25) is 19.2 Å². The molecule has 0 amide bonds. The van der Waals surface area contributed by atoms with Gasteiger partial charge >= 0.3 is 23.9 Å². The zero-order valence-electron chi connectivity index (χ0n) is 22.7. The normalized spacial score (nSPS) is 17.6. The van der Waals surface area contributed by atoms with Gasteiger partial charge in [0, 0.05) is 0 Å². The van der Waals surface area contributed by atoms with Gasteiger partial charge in [-0.05, 0) is 68.6 Å². The zero-order chi connectivity index (χ0) is 27.3. The maximum absolute atomic E-state index is 12.0. The molecule has 0 aromatic heterocycles. The Morgan fingerprint density at radius 2 is 0.886 bits per heavy atom. The Labute approximate surface area is 210 Å². The van der Waals surface area contributed by atoms with Crippen LogP contribution in [0.25, 0.3) is 0 Å². The number of hydrogen-bond acceptors (Lipinski definition) is 5. The Morgan fingerprint density at radius 3 is 1.14 bits per heavy atom. The van der Waals surface area contributed by atoms with Crippen molar-refractivity contribution in [3.8, 4) is 0 Å². The molecular weight excluding hydrogens is 452 g/mol. The number of carbonyl (C=O) groups excluding carboxylic acids is 1. The third-order valence-electron chi connectivity index (χ3n) is 7.72. The average Bonchev–Trinajstić information content (AvgIpc) is 2.76. The van der Waals surface area contributed by atoms with E-state index in [-0.39, 0.29) is 35.6 Å². The average molecular weight is 501 g/mol. The number of ether oxygens (including phenoxy) is 1. The van der Waals surface area contributed by atoms with Crippen molar-refractivity contribution >= 4 is 23.9 Å². The van der Waals surface area contributed by atoms with Gasteiger partial charge < -0.3 is 20.1 Å². The van der Waals surface area contributed by atoms with Gasteiger partial charge in [-0.15, -0.1) is 0 Å². The minimum Gasteiger partial charge on any atom is -0.481 e. The number of hydrogen-bond donors (Lipinski definition) is 3. The van der Waals surface area contributed by atoms with Crippen molar-refractivity contribution in [2.24, 2.45) is 47.3 Å². The van der Waals surface area contributed by atoms with E-state index in [0.29, 0.717) is 44.9 Å². The van der Waals surface area contributed by atoms with Crippen LogP contribution in [0.15, 0.2) is 0 Å². The fourth-order valence-electron chi connectivity index (χ4n) is 5.07. The number of esters is 1. The van der Waals surface area contributed by atoms with E-state index in [0.717, 1.165) is 6.42 Å². The molecule has 0 aliphatic carbocycles. The molecule has 0 radical (unpaired) electrons. The van der Waals surface area contributed by atoms with Crippen molar-refractivity contribution in [2.45, 2.75) is 92.9 Å². The summed E-state index contributed by atoms with van der Waals surface area (Å²) >= 11 is 0. The molecule has 8 nitrogen and oxygen atoms in total. The second kappa shape index (κ2) is 16.5. The van der Waals surface area contributed by atoms with Crippen molar-refractivity contribution in [1.29, 1.82) is 0 Å². The van der Waals surface area contributed by atoms with Gasteiger partial charge in [0.05, 0.1) is 30.8 Å². The van der Waals surface area contributed by atoms with Gasteiger partial charge in [-0.2, -0.15) is 0 Å². The number of carboxylic acid groups (broad SMARTS) is 3. The first kappa shape index (κ1) is 32.9. The van der Waals surface area contributed by atoms with Crippen molar-refractivity contribution in [1.82, 2.24) is 0 Å². The molecular formula is C27H48O8. The summed E-state index contributed by atoms with van der Waals surface area (Å²) in [6.07, 6.45) is 4.11. The summed E-state index contributed by atoms with van der Waals surface area (Å²) in [5.74, 6) is -5.44. The molecule has 0 spiro atoms. The van der Waals surface area contributed by atoms with Crippen LogP contribution < -0.4 is 0 Å². The fourth-order valence-corrected chi connectivity index (χ4v) is 5.07. The lowest BCUT2D eigenvalue weighted by Crippen LogP contribution is -2.28. The van der Waals surface area contributed by atoms with Gasteiger partial charge in [-0.1, -0.05) is 48.0 Å². The highest BCUT2D eigenvalue weighted by molar-refractivity contribution is 5.73. The fraction of sp³-hybridized carbons (Fsp3) is 0.852. The van der Waals surface area contributed by atoms with E-state index in [1.807, 2.05) is 41.5 Å². The molecule has 0 bridgehead atoms. The van der Waals surface area contributed by atoms with Crippen LogP contribution in [0.4, 0.5) is 0 Å². The summed E-state index contributed by atoms with van der Waals surface area (Å²) < 4.78 is 4.88. The minimum atomic E-state index is -0.926. The van der Waals surface area contributed by atoms with Crippen LogP contribution in [0.3, 0.4) is 0 Å². The van der Waals surface area contributed by atoms with E-state index >= 15 is 0 Å². The largest absolute Gasteiger partial charge is 0.481 e. The molecule has 0 rings (SSSR count). The van der Waals surface area contributed by atoms with E-state index in [9.17, 15) is 34.5 Å². The van der Waals surface area contributed by atoms with E-state index in [4.69, 9.17) is 4.74 Å². The lowest BCUT2D eigenvalue weighted by molar-refractivity contribution is -0.148. The number of carbonyl (C=O) groups is 4. The van der Waals surface area contributed by atoms with E-state index in [2.05, 4.69) is 0 Å². The third-order valence-corrected chi connectivity index (χ3v) is 7.72. The molecule has 0 aromatic carbocycles. The highest BCUT2D eigenvalue weighted by Crippen LogP contribution is 2.32. The smallest absolute Gasteiger partial charge is 0.308 e. The predicted octanol–water partition coefficient (Wildman–Crippen LogP) is 5.58. The second-order valence-corrected chi connectivity index (χ2v) is 10.7. The Kier molecular flexibility index (Phi) is 15.5. The van der Waals surface area contributed by atoms with Crippen molar-refractivity contribution < 1.29 is 39.2 Å². The molecule has 7 atom stereocenters. The molecule has 3 N–H and O–H groups in total. The molecule has 0 aromatic rings. The van der Waals surface area contributed by atoms with E-state index in [1.54, 1.807) is 0 Å². The van der Waals surface area contributed by atoms with Crippen molar-refractivity contribution in [3.63, 3.8) is 0 Å². The van der Waals surface area contributed by atoms with Crippen LogP contribution in [-0.4, -0.2) is 46.3 Å². The van der Waals surface area contributed by atoms with E-state index < -0.39 is 35.7 Å². The van der Waals surface area contributed by atoms with Crippen LogP contribution in [0.1, 0.15) is 92.9 Å². The van der Waals surface area contributed by atoms with Crippen molar-refractivity contribution in [3.05, 3.63) is 0 Å². The molecule has 0 saturated heterocycles. The van der Waals surface area contributed by atoms with Crippen LogP contribution in [0, 0.1) is 47.3 Å². The SMILES string of the molecule is CCCC(C(=O)O)C(C)CCC(C(=O)O)C(C)CCC(C(=O)O)C(C)CCC(C(=O)OC)C(C)C. The van der Waals surface area contributed by atoms with Gasteiger partial charge in [-0.25, -0.2) is 0 Å². The van der Waals surface area contributed by atoms with Gasteiger partial charge in [0.25, 0.3) is 0 Å². The summed E-state index contributed by atoms with van der Waals surface area (Å²) in [7, 11) is 1.35. The number of carboxylic acids is 3. The lowest BCUT2D eigenvalue weighted by atomic mass is 9.77. The highest BCUT2D eigenvalue weighted by Gasteiger charge is 2.32. The first-order valence-corrected chi connectivity index (χ1v) is 13.0. The molecule has 35 heavy (non-hydrogen) atoms. The second-order valence-electron chi connectivity index (χ2n) is 10.7. The van der Waals surface area contributed by atoms with Gasteiger partial charge in [0.2, 0.25) is 0 Å². The standard InChI is InChI=1S/C27H48O8/c1-8-9-21(24(28)29)17(4)11-14-23(26(32)33)19(6)12-15-22(25(30)31)18(5)10-13-20(16(2)3)27(34)35-7/h16-23H,8-15H2,1-7H3,(H,28,29)(H,30,31)(H,32,33). The molecule has 8 heteroatoms. The molecule has 7 unspecified atom stereocenters. The monoisotopic (exact) mass is 500 g/mol. The molecule has 0 aliphatic heterocycles. The number of aliphatic carboxylic acids is 3. The summed E-state index contributed by atoms with van der Waals surface area (Å²) in [6, 6.07) is 0. The van der Waals surface area contributed by atoms with Crippen molar-refractivity contribution in [2.75, 3.05) is 7.11 Å². The maximum Gasteiger partial charge on any atom is 0.308 e. The molecule has 0 fully saturated rings.